The molecule has 2 saturated carbocycles. The maximum Gasteiger partial charge on any atom is 0.224 e. The fourth-order valence-electron chi connectivity index (χ4n) is 4.43. The summed E-state index contributed by atoms with van der Waals surface area (Å²) in [6, 6.07) is 13.1. The second-order valence-electron chi connectivity index (χ2n) is 8.71. The van der Waals surface area contributed by atoms with E-state index in [-0.39, 0.29) is 17.4 Å². The zero-order valence-electron chi connectivity index (χ0n) is 15.9. The summed E-state index contributed by atoms with van der Waals surface area (Å²) in [6.45, 7) is 3.92. The van der Waals surface area contributed by atoms with Gasteiger partial charge in [-0.15, -0.1) is 0 Å². The molecule has 1 saturated heterocycles. The zero-order chi connectivity index (χ0) is 18.4. The van der Waals surface area contributed by atoms with Crippen LogP contribution in [0.4, 0.5) is 5.69 Å². The Morgan fingerprint density at radius 1 is 1.19 bits per heavy atom. The highest BCUT2D eigenvalue weighted by Crippen LogP contribution is 2.53. The Labute approximate surface area is 161 Å². The highest BCUT2D eigenvalue weighted by molar-refractivity contribution is 5.79. The van der Waals surface area contributed by atoms with Gasteiger partial charge in [-0.2, -0.15) is 0 Å². The number of carbonyl (C=O) groups is 1. The first kappa shape index (κ1) is 16.8. The smallest absolute Gasteiger partial charge is 0.224 e. The molecule has 4 heteroatoms. The van der Waals surface area contributed by atoms with Gasteiger partial charge in [-0.1, -0.05) is 24.3 Å². The van der Waals surface area contributed by atoms with Crippen LogP contribution in [-0.4, -0.2) is 30.0 Å². The lowest BCUT2D eigenvalue weighted by Crippen LogP contribution is -2.42. The Balaban J connectivity index is 1.22. The Hall–Kier alpha value is -2.36. The van der Waals surface area contributed by atoms with Crippen LogP contribution in [0, 0.1) is 12.3 Å². The van der Waals surface area contributed by atoms with E-state index in [0.717, 1.165) is 30.3 Å². The van der Waals surface area contributed by atoms with Crippen LogP contribution in [0.3, 0.4) is 0 Å². The normalized spacial score (nSPS) is 22.9. The van der Waals surface area contributed by atoms with Crippen LogP contribution in [0.5, 0.6) is 0 Å². The molecule has 5 rings (SSSR count). The van der Waals surface area contributed by atoms with E-state index in [4.69, 9.17) is 0 Å². The molecule has 1 N–H and O–H groups in total. The summed E-state index contributed by atoms with van der Waals surface area (Å²) in [5.41, 5.74) is 5.01. The Bertz CT molecular complexity index is 835. The van der Waals surface area contributed by atoms with Gasteiger partial charge in [-0.05, 0) is 61.8 Å². The number of pyridine rings is 1. The maximum absolute atomic E-state index is 12.7. The number of nitrogens with zero attached hydrogens (tertiary/aromatic N) is 2. The van der Waals surface area contributed by atoms with E-state index >= 15 is 0 Å². The second kappa shape index (κ2) is 6.36. The number of benzene rings is 1. The van der Waals surface area contributed by atoms with Gasteiger partial charge in [0, 0.05) is 24.2 Å². The summed E-state index contributed by atoms with van der Waals surface area (Å²) in [5, 5.41) is 3.34. The molecule has 0 radical (unpaired) electrons. The molecule has 3 aliphatic rings. The number of aryl methyl sites for hydroxylation is 1. The van der Waals surface area contributed by atoms with Gasteiger partial charge in [0.15, 0.2) is 0 Å². The van der Waals surface area contributed by atoms with E-state index in [1.807, 2.05) is 13.1 Å². The molecule has 2 aromatic rings. The fraction of sp³-hybridized carbons (Fsp3) is 0.478. The van der Waals surface area contributed by atoms with Gasteiger partial charge < -0.3 is 10.2 Å². The van der Waals surface area contributed by atoms with Crippen LogP contribution in [-0.2, 0) is 11.2 Å². The van der Waals surface area contributed by atoms with E-state index in [2.05, 4.69) is 51.6 Å². The van der Waals surface area contributed by atoms with Crippen LogP contribution < -0.4 is 10.2 Å². The monoisotopic (exact) mass is 361 g/mol. The molecular formula is C23H27N3O. The zero-order valence-corrected chi connectivity index (χ0v) is 15.9. The van der Waals surface area contributed by atoms with E-state index in [1.165, 1.54) is 36.9 Å². The summed E-state index contributed by atoms with van der Waals surface area (Å²) in [4.78, 5) is 19.5. The molecule has 1 aliphatic heterocycles. The number of rotatable bonds is 5. The van der Waals surface area contributed by atoms with Crippen molar-refractivity contribution in [3.63, 3.8) is 0 Å². The average Bonchev–Trinajstić information content (AvgIpc) is 3.56. The number of aromatic nitrogens is 1. The minimum atomic E-state index is 0.148. The SMILES string of the molecule is Cc1ccc(N2C[C@H](NC(=O)Cc3ccc(C4CC4)cc3)C3(CC3)C2)cn1. The van der Waals surface area contributed by atoms with Crippen molar-refractivity contribution in [1.29, 1.82) is 0 Å². The largest absolute Gasteiger partial charge is 0.368 e. The van der Waals surface area contributed by atoms with E-state index in [1.54, 1.807) is 0 Å². The third kappa shape index (κ3) is 3.45. The number of amides is 1. The van der Waals surface area contributed by atoms with Gasteiger partial charge in [0.1, 0.15) is 0 Å². The van der Waals surface area contributed by atoms with Gasteiger partial charge in [0.05, 0.1) is 24.3 Å². The molecule has 0 unspecified atom stereocenters. The van der Waals surface area contributed by atoms with Crippen molar-refractivity contribution in [2.24, 2.45) is 5.41 Å². The molecule has 4 nitrogen and oxygen atoms in total. The Kier molecular flexibility index (Phi) is 3.96. The number of anilines is 1. The second-order valence-corrected chi connectivity index (χ2v) is 8.71. The summed E-state index contributed by atoms with van der Waals surface area (Å²) in [7, 11) is 0. The summed E-state index contributed by atoms with van der Waals surface area (Å²) in [5.74, 6) is 0.915. The highest BCUT2D eigenvalue weighted by atomic mass is 16.1. The molecule has 0 bridgehead atoms. The molecule has 1 atom stereocenters. The minimum absolute atomic E-state index is 0.148. The summed E-state index contributed by atoms with van der Waals surface area (Å²) < 4.78 is 0. The molecule has 2 aliphatic carbocycles. The average molecular weight is 361 g/mol. The number of carbonyl (C=O) groups excluding carboxylic acids is 1. The molecule has 1 aromatic carbocycles. The predicted octanol–water partition coefficient (Wildman–Crippen LogP) is 3.60. The first-order valence-electron chi connectivity index (χ1n) is 10.2. The molecule has 27 heavy (non-hydrogen) atoms. The third-order valence-electron chi connectivity index (χ3n) is 6.53. The number of hydrogen-bond acceptors (Lipinski definition) is 3. The molecule has 140 valence electrons. The summed E-state index contributed by atoms with van der Waals surface area (Å²) in [6.07, 6.45) is 7.49. The van der Waals surface area contributed by atoms with Crippen LogP contribution in [0.25, 0.3) is 0 Å². The lowest BCUT2D eigenvalue weighted by molar-refractivity contribution is -0.121. The van der Waals surface area contributed by atoms with E-state index in [0.29, 0.717) is 6.42 Å². The van der Waals surface area contributed by atoms with Crippen molar-refractivity contribution in [2.75, 3.05) is 18.0 Å². The molecule has 1 spiro atoms. The Morgan fingerprint density at radius 3 is 2.59 bits per heavy atom. The van der Waals surface area contributed by atoms with Crippen molar-refractivity contribution in [3.8, 4) is 0 Å². The van der Waals surface area contributed by atoms with Crippen molar-refractivity contribution in [3.05, 3.63) is 59.4 Å². The Morgan fingerprint density at radius 2 is 1.96 bits per heavy atom. The lowest BCUT2D eigenvalue weighted by Gasteiger charge is -2.19. The van der Waals surface area contributed by atoms with Crippen molar-refractivity contribution >= 4 is 11.6 Å². The molecule has 1 aromatic heterocycles. The quantitative estimate of drug-likeness (QED) is 0.885. The lowest BCUT2D eigenvalue weighted by atomic mass is 10.00. The van der Waals surface area contributed by atoms with Crippen molar-refractivity contribution < 1.29 is 4.79 Å². The third-order valence-corrected chi connectivity index (χ3v) is 6.53. The fourth-order valence-corrected chi connectivity index (χ4v) is 4.43. The standard InChI is InChI=1S/C23H27N3O/c1-16-2-9-20(13-24-16)26-14-21(23(15-26)10-11-23)25-22(27)12-17-3-5-18(6-4-17)19-7-8-19/h2-6,9,13,19,21H,7-8,10-12,14-15H2,1H3,(H,25,27)/t21-/m0/s1. The van der Waals surface area contributed by atoms with Crippen LogP contribution >= 0.6 is 0 Å². The summed E-state index contributed by atoms with van der Waals surface area (Å²) >= 11 is 0. The van der Waals surface area contributed by atoms with Gasteiger partial charge in [-0.25, -0.2) is 0 Å². The number of hydrogen-bond donors (Lipinski definition) is 1. The van der Waals surface area contributed by atoms with Crippen molar-refractivity contribution in [2.45, 2.75) is 51.0 Å². The van der Waals surface area contributed by atoms with E-state index < -0.39 is 0 Å². The maximum atomic E-state index is 12.7. The molecule has 2 heterocycles. The minimum Gasteiger partial charge on any atom is -0.368 e. The van der Waals surface area contributed by atoms with Crippen LogP contribution in [0.2, 0.25) is 0 Å². The molecule has 1 amide bonds. The highest BCUT2D eigenvalue weighted by Gasteiger charge is 2.55. The van der Waals surface area contributed by atoms with Crippen LogP contribution in [0.1, 0.15) is 48.4 Å². The van der Waals surface area contributed by atoms with Crippen molar-refractivity contribution in [1.82, 2.24) is 10.3 Å². The van der Waals surface area contributed by atoms with Gasteiger partial charge in [-0.3, -0.25) is 9.78 Å². The first-order chi connectivity index (χ1) is 13.1. The van der Waals surface area contributed by atoms with Gasteiger partial charge in [0.2, 0.25) is 5.91 Å². The molecular weight excluding hydrogens is 334 g/mol. The first-order valence-corrected chi connectivity index (χ1v) is 10.2. The van der Waals surface area contributed by atoms with E-state index in [9.17, 15) is 4.79 Å². The topological polar surface area (TPSA) is 45.2 Å². The molecule has 3 fully saturated rings. The van der Waals surface area contributed by atoms with Gasteiger partial charge in [0.25, 0.3) is 0 Å². The van der Waals surface area contributed by atoms with Gasteiger partial charge >= 0.3 is 0 Å². The predicted molar refractivity (Wildman–Crippen MR) is 107 cm³/mol. The number of nitrogens with one attached hydrogen (secondary N) is 1. The van der Waals surface area contributed by atoms with Crippen LogP contribution in [0.15, 0.2) is 42.6 Å².